The van der Waals surface area contributed by atoms with Crippen molar-refractivity contribution in [2.24, 2.45) is 0 Å². The molecule has 0 amide bonds. The van der Waals surface area contributed by atoms with Crippen LogP contribution in [0.2, 0.25) is 0 Å². The second-order valence-electron chi connectivity index (χ2n) is 6.36. The fourth-order valence-electron chi connectivity index (χ4n) is 3.47. The summed E-state index contributed by atoms with van der Waals surface area (Å²) in [5.74, 6) is 2.04. The van der Waals surface area contributed by atoms with Crippen LogP contribution in [0.5, 0.6) is 0 Å². The number of hydrogen-bond acceptors (Lipinski definition) is 4. The molecule has 0 spiro atoms. The molecule has 2 aliphatic rings. The number of aromatic nitrogens is 3. The summed E-state index contributed by atoms with van der Waals surface area (Å²) in [7, 11) is 0. The first-order valence-electron chi connectivity index (χ1n) is 7.98. The van der Waals surface area contributed by atoms with Crippen LogP contribution in [0.15, 0.2) is 16.8 Å². The van der Waals surface area contributed by atoms with Crippen molar-refractivity contribution in [2.45, 2.75) is 51.6 Å². The molecule has 1 aliphatic heterocycles. The van der Waals surface area contributed by atoms with Crippen LogP contribution >= 0.6 is 0 Å². The highest BCUT2D eigenvalue weighted by atomic mass is 16.4. The lowest BCUT2D eigenvalue weighted by Crippen LogP contribution is -2.21. The number of rotatable bonds is 3. The molecule has 5 heteroatoms. The zero-order chi connectivity index (χ0) is 14.2. The number of fused-ring (bicyclic) bond motifs is 1. The molecule has 112 valence electrons. The predicted octanol–water partition coefficient (Wildman–Crippen LogP) is 2.51. The summed E-state index contributed by atoms with van der Waals surface area (Å²) in [6.07, 6.45) is 9.88. The van der Waals surface area contributed by atoms with Crippen LogP contribution in [-0.4, -0.2) is 32.8 Å². The minimum absolute atomic E-state index is 0.489. The molecule has 1 unspecified atom stereocenters. The highest BCUT2D eigenvalue weighted by Crippen LogP contribution is 2.25. The van der Waals surface area contributed by atoms with Gasteiger partial charge in [-0.25, -0.2) is 4.98 Å². The lowest BCUT2D eigenvalue weighted by atomic mass is 10.0. The first kappa shape index (κ1) is 13.1. The second kappa shape index (κ2) is 5.30. The Hall–Kier alpha value is -1.62. The van der Waals surface area contributed by atoms with Gasteiger partial charge in [-0.1, -0.05) is 0 Å². The Labute approximate surface area is 125 Å². The van der Waals surface area contributed by atoms with Gasteiger partial charge in [0.25, 0.3) is 0 Å². The molecule has 0 N–H and O–H groups in total. The Balaban J connectivity index is 1.41. The van der Waals surface area contributed by atoms with Gasteiger partial charge < -0.3 is 4.42 Å². The number of likely N-dealkylation sites (tertiary alicyclic amines) is 1. The van der Waals surface area contributed by atoms with E-state index in [1.807, 2.05) is 6.20 Å². The van der Waals surface area contributed by atoms with Crippen molar-refractivity contribution in [3.63, 3.8) is 0 Å². The van der Waals surface area contributed by atoms with E-state index in [9.17, 15) is 0 Å². The average molecular weight is 286 g/mol. The van der Waals surface area contributed by atoms with Crippen molar-refractivity contribution >= 4 is 0 Å². The third-order valence-electron chi connectivity index (χ3n) is 4.60. The smallest absolute Gasteiger partial charge is 0.208 e. The molecular weight excluding hydrogens is 264 g/mol. The van der Waals surface area contributed by atoms with Gasteiger partial charge in [-0.05, 0) is 38.2 Å². The number of oxazole rings is 1. The van der Waals surface area contributed by atoms with E-state index in [1.165, 1.54) is 24.1 Å². The fourth-order valence-corrected chi connectivity index (χ4v) is 3.47. The zero-order valence-electron chi connectivity index (χ0n) is 12.6. The summed E-state index contributed by atoms with van der Waals surface area (Å²) in [6, 6.07) is 0.489. The van der Waals surface area contributed by atoms with Gasteiger partial charge in [-0.15, -0.1) is 0 Å². The van der Waals surface area contributed by atoms with Gasteiger partial charge in [0.1, 0.15) is 5.76 Å². The molecule has 2 aromatic rings. The Morgan fingerprint density at radius 3 is 3.05 bits per heavy atom. The lowest BCUT2D eigenvalue weighted by molar-refractivity contribution is 0.273. The molecule has 1 fully saturated rings. The van der Waals surface area contributed by atoms with Crippen molar-refractivity contribution in [1.29, 1.82) is 0 Å². The van der Waals surface area contributed by atoms with Crippen molar-refractivity contribution in [1.82, 2.24) is 19.7 Å². The molecule has 21 heavy (non-hydrogen) atoms. The molecule has 1 aliphatic carbocycles. The van der Waals surface area contributed by atoms with Crippen LogP contribution < -0.4 is 0 Å². The van der Waals surface area contributed by atoms with Crippen LogP contribution in [0, 0.1) is 6.92 Å². The van der Waals surface area contributed by atoms with Crippen LogP contribution in [0.3, 0.4) is 0 Å². The summed E-state index contributed by atoms with van der Waals surface area (Å²) in [6.45, 7) is 5.06. The summed E-state index contributed by atoms with van der Waals surface area (Å²) in [4.78, 5) is 7.11. The van der Waals surface area contributed by atoms with Gasteiger partial charge in [0.15, 0.2) is 0 Å². The molecule has 0 saturated carbocycles. The van der Waals surface area contributed by atoms with Crippen molar-refractivity contribution in [2.75, 3.05) is 13.1 Å². The third kappa shape index (κ3) is 2.62. The molecule has 3 heterocycles. The normalized spacial score (nSPS) is 22.6. The van der Waals surface area contributed by atoms with E-state index in [2.05, 4.69) is 32.8 Å². The lowest BCUT2D eigenvalue weighted by Gasteiger charge is -2.14. The standard InChI is InChI=1S/C16H22N4O/c1-12-8-17-20(9-12)13-6-7-19(10-13)11-16-18-14-4-2-3-5-15(14)21-16/h8-9,13H,2-7,10-11H2,1H3. The number of hydrogen-bond donors (Lipinski definition) is 0. The van der Waals surface area contributed by atoms with Crippen LogP contribution in [-0.2, 0) is 19.4 Å². The van der Waals surface area contributed by atoms with Gasteiger partial charge >= 0.3 is 0 Å². The van der Waals surface area contributed by atoms with Gasteiger partial charge in [0, 0.05) is 25.7 Å². The van der Waals surface area contributed by atoms with E-state index >= 15 is 0 Å². The molecule has 0 bridgehead atoms. The van der Waals surface area contributed by atoms with Crippen molar-refractivity contribution in [3.05, 3.63) is 35.3 Å². The minimum Gasteiger partial charge on any atom is -0.444 e. The first-order valence-corrected chi connectivity index (χ1v) is 7.98. The quantitative estimate of drug-likeness (QED) is 0.870. The van der Waals surface area contributed by atoms with E-state index in [0.29, 0.717) is 6.04 Å². The van der Waals surface area contributed by atoms with E-state index in [4.69, 9.17) is 4.42 Å². The molecule has 5 nitrogen and oxygen atoms in total. The SMILES string of the molecule is Cc1cnn(C2CCN(Cc3nc4c(o3)CCCC4)C2)c1. The van der Waals surface area contributed by atoms with Crippen molar-refractivity contribution in [3.8, 4) is 0 Å². The molecule has 0 radical (unpaired) electrons. The van der Waals surface area contributed by atoms with Crippen LogP contribution in [0.25, 0.3) is 0 Å². The topological polar surface area (TPSA) is 47.1 Å². The number of nitrogens with zero attached hydrogens (tertiary/aromatic N) is 4. The third-order valence-corrected chi connectivity index (χ3v) is 4.60. The molecule has 1 saturated heterocycles. The fraction of sp³-hybridized carbons (Fsp3) is 0.625. The maximum absolute atomic E-state index is 5.94. The van der Waals surface area contributed by atoms with E-state index in [1.54, 1.807) is 0 Å². The molecule has 0 aromatic carbocycles. The van der Waals surface area contributed by atoms with E-state index < -0.39 is 0 Å². The van der Waals surface area contributed by atoms with Gasteiger partial charge in [-0.2, -0.15) is 5.10 Å². The minimum atomic E-state index is 0.489. The van der Waals surface area contributed by atoms with Gasteiger partial charge in [0.05, 0.1) is 24.5 Å². The Bertz CT molecular complexity index is 607. The maximum Gasteiger partial charge on any atom is 0.208 e. The highest BCUT2D eigenvalue weighted by molar-refractivity contribution is 5.13. The van der Waals surface area contributed by atoms with Crippen LogP contribution in [0.1, 0.15) is 48.2 Å². The second-order valence-corrected chi connectivity index (χ2v) is 6.36. The van der Waals surface area contributed by atoms with E-state index in [-0.39, 0.29) is 0 Å². The molecule has 4 rings (SSSR count). The summed E-state index contributed by atoms with van der Waals surface area (Å²) in [5, 5.41) is 4.44. The van der Waals surface area contributed by atoms with Crippen molar-refractivity contribution < 1.29 is 4.42 Å². The summed E-state index contributed by atoms with van der Waals surface area (Å²) >= 11 is 0. The Kier molecular flexibility index (Phi) is 3.30. The van der Waals surface area contributed by atoms with Gasteiger partial charge in [0.2, 0.25) is 5.89 Å². The molecular formula is C16H22N4O. The Morgan fingerprint density at radius 2 is 2.24 bits per heavy atom. The van der Waals surface area contributed by atoms with Gasteiger partial charge in [-0.3, -0.25) is 9.58 Å². The summed E-state index contributed by atoms with van der Waals surface area (Å²) < 4.78 is 8.04. The first-order chi connectivity index (χ1) is 10.3. The molecule has 1 atom stereocenters. The largest absolute Gasteiger partial charge is 0.444 e. The zero-order valence-corrected chi connectivity index (χ0v) is 12.6. The van der Waals surface area contributed by atoms with Crippen LogP contribution in [0.4, 0.5) is 0 Å². The Morgan fingerprint density at radius 1 is 1.33 bits per heavy atom. The predicted molar refractivity (Wildman–Crippen MR) is 79.0 cm³/mol. The summed E-state index contributed by atoms with van der Waals surface area (Å²) in [5.41, 5.74) is 2.43. The highest BCUT2D eigenvalue weighted by Gasteiger charge is 2.26. The van der Waals surface area contributed by atoms with E-state index in [0.717, 1.165) is 50.5 Å². The average Bonchev–Trinajstić information content (AvgIpc) is 3.17. The monoisotopic (exact) mass is 286 g/mol. The number of aryl methyl sites for hydroxylation is 3. The molecule has 2 aromatic heterocycles. The maximum atomic E-state index is 5.94.